The fraction of sp³-hybridized carbons (Fsp3) is 0.714. The molecule has 17 heavy (non-hydrogen) atoms. The van der Waals surface area contributed by atoms with E-state index >= 15 is 0 Å². The van der Waals surface area contributed by atoms with Crippen molar-refractivity contribution >= 4 is 5.78 Å². The summed E-state index contributed by atoms with van der Waals surface area (Å²) in [5, 5.41) is 4.28. The maximum atomic E-state index is 12.2. The molecule has 0 aliphatic heterocycles. The van der Waals surface area contributed by atoms with Crippen molar-refractivity contribution in [2.75, 3.05) is 0 Å². The van der Waals surface area contributed by atoms with E-state index in [-0.39, 0.29) is 5.92 Å². The maximum Gasteiger partial charge on any atom is 0.141 e. The summed E-state index contributed by atoms with van der Waals surface area (Å²) in [4.78, 5) is 12.2. The van der Waals surface area contributed by atoms with Gasteiger partial charge < -0.3 is 0 Å². The van der Waals surface area contributed by atoms with Gasteiger partial charge in [0.05, 0.1) is 5.69 Å². The number of hydrogen-bond acceptors (Lipinski definition) is 2. The van der Waals surface area contributed by atoms with Crippen molar-refractivity contribution in [2.45, 2.75) is 52.9 Å². The molecule has 0 saturated carbocycles. The van der Waals surface area contributed by atoms with Crippen molar-refractivity contribution in [3.63, 3.8) is 0 Å². The Bertz CT molecular complexity index is 368. The second kappa shape index (κ2) is 6.58. The number of Topliss-reactive ketones (excluding diaryl/α,β-unsaturated/α-hetero) is 1. The minimum absolute atomic E-state index is 0.227. The number of carbonyl (C=O) groups is 1. The molecule has 0 fully saturated rings. The highest BCUT2D eigenvalue weighted by Gasteiger charge is 2.17. The number of carbonyl (C=O) groups excluding carboxylic acids is 1. The van der Waals surface area contributed by atoms with Crippen LogP contribution in [0.5, 0.6) is 0 Å². The molecule has 0 aliphatic rings. The summed E-state index contributed by atoms with van der Waals surface area (Å²) in [5.74, 6) is 0.592. The maximum absolute atomic E-state index is 12.2. The molecule has 1 aromatic heterocycles. The SMILES string of the molecule is CCCCC(CC)C(=O)Cc1cc(C)nn1C. The van der Waals surface area contributed by atoms with E-state index in [1.165, 1.54) is 0 Å². The normalized spacial score (nSPS) is 12.7. The van der Waals surface area contributed by atoms with Crippen molar-refractivity contribution in [3.8, 4) is 0 Å². The Kier molecular flexibility index (Phi) is 5.39. The second-order valence-corrected chi connectivity index (χ2v) is 4.79. The zero-order valence-electron chi connectivity index (χ0n) is 11.5. The standard InChI is InChI=1S/C14H24N2O/c1-5-7-8-12(6-2)14(17)10-13-9-11(3)15-16(13)4/h9,12H,5-8,10H2,1-4H3. The summed E-state index contributed by atoms with van der Waals surface area (Å²) >= 11 is 0. The molecule has 1 heterocycles. The van der Waals surface area contributed by atoms with Crippen molar-refractivity contribution in [1.82, 2.24) is 9.78 Å². The predicted octanol–water partition coefficient (Wildman–Crippen LogP) is 3.06. The molecule has 0 saturated heterocycles. The lowest BCUT2D eigenvalue weighted by Gasteiger charge is -2.12. The average Bonchev–Trinajstić information content (AvgIpc) is 2.58. The number of hydrogen-bond donors (Lipinski definition) is 0. The van der Waals surface area contributed by atoms with Gasteiger partial charge in [-0.3, -0.25) is 9.48 Å². The average molecular weight is 236 g/mol. The van der Waals surface area contributed by atoms with Gasteiger partial charge in [-0.1, -0.05) is 26.7 Å². The van der Waals surface area contributed by atoms with Gasteiger partial charge in [-0.05, 0) is 25.8 Å². The molecule has 1 aromatic rings. The van der Waals surface area contributed by atoms with E-state index in [2.05, 4.69) is 18.9 Å². The van der Waals surface area contributed by atoms with Crippen LogP contribution >= 0.6 is 0 Å². The molecule has 1 unspecified atom stereocenters. The third-order valence-corrected chi connectivity index (χ3v) is 3.31. The molecule has 0 N–H and O–H groups in total. The van der Waals surface area contributed by atoms with E-state index in [4.69, 9.17) is 0 Å². The zero-order valence-corrected chi connectivity index (χ0v) is 11.5. The number of nitrogens with zero attached hydrogens (tertiary/aromatic N) is 2. The van der Waals surface area contributed by atoms with Crippen LogP contribution in [0.3, 0.4) is 0 Å². The molecule has 0 aliphatic carbocycles. The van der Waals surface area contributed by atoms with Crippen molar-refractivity contribution in [2.24, 2.45) is 13.0 Å². The Labute approximate surface area is 104 Å². The van der Waals surface area contributed by atoms with Crippen molar-refractivity contribution in [3.05, 3.63) is 17.5 Å². The summed E-state index contributed by atoms with van der Waals surface area (Å²) in [6, 6.07) is 2.00. The zero-order chi connectivity index (χ0) is 12.8. The topological polar surface area (TPSA) is 34.9 Å². The number of ketones is 1. The van der Waals surface area contributed by atoms with E-state index in [0.29, 0.717) is 12.2 Å². The highest BCUT2D eigenvalue weighted by Crippen LogP contribution is 2.16. The lowest BCUT2D eigenvalue weighted by Crippen LogP contribution is -2.17. The monoisotopic (exact) mass is 236 g/mol. The number of unbranched alkanes of at least 4 members (excludes halogenated alkanes) is 1. The molecule has 1 atom stereocenters. The molecule has 1 rings (SSSR count). The van der Waals surface area contributed by atoms with Gasteiger partial charge in [-0.25, -0.2) is 0 Å². The van der Waals surface area contributed by atoms with Gasteiger partial charge in [0.15, 0.2) is 0 Å². The van der Waals surface area contributed by atoms with Gasteiger partial charge in [0.1, 0.15) is 5.78 Å². The van der Waals surface area contributed by atoms with Gasteiger partial charge in [-0.15, -0.1) is 0 Å². The largest absolute Gasteiger partial charge is 0.299 e. The fourth-order valence-electron chi connectivity index (χ4n) is 2.20. The first kappa shape index (κ1) is 13.9. The summed E-state index contributed by atoms with van der Waals surface area (Å²) in [6.07, 6.45) is 4.82. The van der Waals surface area contributed by atoms with Gasteiger partial charge in [-0.2, -0.15) is 5.10 Å². The first-order valence-corrected chi connectivity index (χ1v) is 6.60. The molecule has 0 bridgehead atoms. The Morgan fingerprint density at radius 1 is 1.47 bits per heavy atom. The van der Waals surface area contributed by atoms with Crippen LogP contribution in [0.15, 0.2) is 6.07 Å². The first-order chi connectivity index (χ1) is 8.08. The number of aromatic nitrogens is 2. The van der Waals surface area contributed by atoms with Gasteiger partial charge in [0, 0.05) is 25.1 Å². The van der Waals surface area contributed by atoms with Crippen LogP contribution in [0.1, 0.15) is 50.9 Å². The molecular weight excluding hydrogens is 212 g/mol. The van der Waals surface area contributed by atoms with Crippen molar-refractivity contribution in [1.29, 1.82) is 0 Å². The number of rotatable bonds is 7. The quantitative estimate of drug-likeness (QED) is 0.729. The molecule has 3 heteroatoms. The summed E-state index contributed by atoms with van der Waals surface area (Å²) in [6.45, 7) is 6.23. The van der Waals surface area contributed by atoms with E-state index in [1.807, 2.05) is 24.7 Å². The molecular formula is C14H24N2O. The molecule has 0 spiro atoms. The Morgan fingerprint density at radius 2 is 2.18 bits per heavy atom. The third kappa shape index (κ3) is 3.99. The highest BCUT2D eigenvalue weighted by molar-refractivity contribution is 5.82. The Morgan fingerprint density at radius 3 is 2.65 bits per heavy atom. The van der Waals surface area contributed by atoms with Crippen LogP contribution in [0.25, 0.3) is 0 Å². The Hall–Kier alpha value is -1.12. The van der Waals surface area contributed by atoms with E-state index in [0.717, 1.165) is 37.1 Å². The van der Waals surface area contributed by atoms with Crippen molar-refractivity contribution < 1.29 is 4.79 Å². The Balaban J connectivity index is 2.60. The van der Waals surface area contributed by atoms with Crippen LogP contribution in [0.2, 0.25) is 0 Å². The lowest BCUT2D eigenvalue weighted by atomic mass is 9.92. The van der Waals surface area contributed by atoms with Crippen LogP contribution in [-0.4, -0.2) is 15.6 Å². The number of aryl methyl sites for hydroxylation is 2. The fourth-order valence-corrected chi connectivity index (χ4v) is 2.20. The third-order valence-electron chi connectivity index (χ3n) is 3.31. The van der Waals surface area contributed by atoms with Crippen LogP contribution < -0.4 is 0 Å². The van der Waals surface area contributed by atoms with E-state index < -0.39 is 0 Å². The van der Waals surface area contributed by atoms with Gasteiger partial charge in [0.2, 0.25) is 0 Å². The minimum atomic E-state index is 0.227. The molecule has 0 amide bonds. The van der Waals surface area contributed by atoms with E-state index in [9.17, 15) is 4.79 Å². The van der Waals surface area contributed by atoms with E-state index in [1.54, 1.807) is 0 Å². The van der Waals surface area contributed by atoms with Crippen LogP contribution in [0.4, 0.5) is 0 Å². The molecule has 0 radical (unpaired) electrons. The summed E-state index contributed by atoms with van der Waals surface area (Å²) < 4.78 is 1.82. The summed E-state index contributed by atoms with van der Waals surface area (Å²) in [5.41, 5.74) is 2.01. The van der Waals surface area contributed by atoms with Gasteiger partial charge >= 0.3 is 0 Å². The first-order valence-electron chi connectivity index (χ1n) is 6.60. The highest BCUT2D eigenvalue weighted by atomic mass is 16.1. The predicted molar refractivity (Wildman–Crippen MR) is 70.0 cm³/mol. The van der Waals surface area contributed by atoms with Gasteiger partial charge in [0.25, 0.3) is 0 Å². The molecule has 0 aromatic carbocycles. The smallest absolute Gasteiger partial charge is 0.141 e. The lowest BCUT2D eigenvalue weighted by molar-refractivity contribution is -0.122. The molecule has 3 nitrogen and oxygen atoms in total. The summed E-state index contributed by atoms with van der Waals surface area (Å²) in [7, 11) is 1.91. The van der Waals surface area contributed by atoms with Crippen LogP contribution in [0, 0.1) is 12.8 Å². The second-order valence-electron chi connectivity index (χ2n) is 4.79. The molecule has 96 valence electrons. The minimum Gasteiger partial charge on any atom is -0.299 e. The van der Waals surface area contributed by atoms with Crippen LogP contribution in [-0.2, 0) is 18.3 Å².